The molecule has 0 unspecified atom stereocenters. The molecule has 0 aliphatic carbocycles. The first-order valence-corrected chi connectivity index (χ1v) is 9.87. The van der Waals surface area contributed by atoms with Gasteiger partial charge in [0.05, 0.1) is 12.9 Å². The fourth-order valence-electron chi connectivity index (χ4n) is 3.38. The van der Waals surface area contributed by atoms with Crippen molar-refractivity contribution in [2.24, 2.45) is 0 Å². The highest BCUT2D eigenvalue weighted by Crippen LogP contribution is 2.44. The topological polar surface area (TPSA) is 107 Å². The quantitative estimate of drug-likeness (QED) is 0.621. The van der Waals surface area contributed by atoms with Gasteiger partial charge in [-0.25, -0.2) is 8.42 Å². The Labute approximate surface area is 146 Å². The first kappa shape index (κ1) is 19.0. The van der Waals surface area contributed by atoms with Crippen LogP contribution in [0, 0.1) is 0 Å². The molecule has 25 heavy (non-hydrogen) atoms. The molecule has 0 radical (unpaired) electrons. The second kappa shape index (κ2) is 6.14. The van der Waals surface area contributed by atoms with Gasteiger partial charge in [-0.1, -0.05) is 0 Å². The minimum Gasteiger partial charge on any atom is -0.468 e. The zero-order valence-corrected chi connectivity index (χ0v) is 15.7. The van der Waals surface area contributed by atoms with Gasteiger partial charge in [0.25, 0.3) is 0 Å². The highest BCUT2D eigenvalue weighted by atomic mass is 32.2. The molecular weight excluding hydrogens is 356 g/mol. The van der Waals surface area contributed by atoms with Crippen LogP contribution in [0.5, 0.6) is 0 Å². The van der Waals surface area contributed by atoms with Gasteiger partial charge < -0.3 is 28.4 Å². The number of carbonyl (C=O) groups is 1. The van der Waals surface area contributed by atoms with Crippen molar-refractivity contribution in [3.05, 3.63) is 0 Å². The molecule has 0 N–H and O–H groups in total. The molecule has 3 rings (SSSR count). The van der Waals surface area contributed by atoms with E-state index in [1.807, 2.05) is 0 Å². The van der Waals surface area contributed by atoms with Gasteiger partial charge in [-0.3, -0.25) is 4.79 Å². The molecule has 5 atom stereocenters. The first-order valence-electron chi connectivity index (χ1n) is 8.05. The molecule has 0 spiro atoms. The molecule has 0 amide bonds. The molecule has 0 aromatic carbocycles. The van der Waals surface area contributed by atoms with Gasteiger partial charge in [0.2, 0.25) is 0 Å². The molecule has 0 saturated carbocycles. The Morgan fingerprint density at radius 2 is 1.52 bits per heavy atom. The van der Waals surface area contributed by atoms with Gasteiger partial charge >= 0.3 is 5.97 Å². The number of esters is 1. The van der Waals surface area contributed by atoms with E-state index in [1.165, 1.54) is 0 Å². The number of sulfone groups is 1. The third kappa shape index (κ3) is 3.99. The van der Waals surface area contributed by atoms with E-state index in [-0.39, 0.29) is 0 Å². The van der Waals surface area contributed by atoms with Crippen LogP contribution in [0.2, 0.25) is 0 Å². The van der Waals surface area contributed by atoms with Crippen LogP contribution in [-0.4, -0.2) is 75.3 Å². The van der Waals surface area contributed by atoms with Crippen molar-refractivity contribution >= 4 is 15.8 Å². The minimum atomic E-state index is -3.76. The molecular formula is C15H24O9S. The number of carbonyl (C=O) groups excluding carboxylic acids is 1. The highest BCUT2D eigenvalue weighted by molar-refractivity contribution is 7.92. The monoisotopic (exact) mass is 380 g/mol. The Hall–Kier alpha value is -0.780. The van der Waals surface area contributed by atoms with Gasteiger partial charge in [-0.05, 0) is 27.7 Å². The van der Waals surface area contributed by atoms with E-state index in [0.717, 1.165) is 7.11 Å². The number of hydrogen-bond donors (Lipinski definition) is 0. The minimum absolute atomic E-state index is 0.407. The van der Waals surface area contributed by atoms with Crippen LogP contribution in [0.4, 0.5) is 0 Å². The summed E-state index contributed by atoms with van der Waals surface area (Å²) in [5.41, 5.74) is 0. The van der Waals surface area contributed by atoms with Crippen molar-refractivity contribution in [1.29, 1.82) is 0 Å². The largest absolute Gasteiger partial charge is 0.468 e. The van der Waals surface area contributed by atoms with Gasteiger partial charge in [0.15, 0.2) is 27.7 Å². The lowest BCUT2D eigenvalue weighted by Gasteiger charge is -2.37. The molecule has 10 heteroatoms. The summed E-state index contributed by atoms with van der Waals surface area (Å²) in [6.07, 6.45) is -3.33. The maximum atomic E-state index is 12.3. The summed E-state index contributed by atoms with van der Waals surface area (Å²) >= 11 is 0. The molecule has 0 bridgehead atoms. The average Bonchev–Trinajstić information content (AvgIpc) is 2.92. The molecule has 0 aromatic rings. The van der Waals surface area contributed by atoms with Crippen molar-refractivity contribution in [2.45, 2.75) is 70.0 Å². The lowest BCUT2D eigenvalue weighted by Crippen LogP contribution is -2.57. The maximum absolute atomic E-state index is 12.3. The van der Waals surface area contributed by atoms with Crippen LogP contribution in [-0.2, 0) is 43.1 Å². The van der Waals surface area contributed by atoms with E-state index >= 15 is 0 Å². The SMILES string of the molecule is COC(=O)CS(=O)(=O)C[C@H]1O[C@@H]2OC(C)(C)O[C@@H]2[C@H]2OC(C)(C)O[C@H]21. The third-order valence-electron chi connectivity index (χ3n) is 4.23. The molecule has 3 heterocycles. The normalized spacial score (nSPS) is 38.8. The average molecular weight is 380 g/mol. The van der Waals surface area contributed by atoms with Gasteiger partial charge in [-0.2, -0.15) is 0 Å². The fourth-order valence-corrected chi connectivity index (χ4v) is 4.74. The van der Waals surface area contributed by atoms with Crippen LogP contribution in [0.25, 0.3) is 0 Å². The van der Waals surface area contributed by atoms with Crippen LogP contribution in [0.3, 0.4) is 0 Å². The summed E-state index contributed by atoms with van der Waals surface area (Å²) in [4.78, 5) is 11.3. The number of fused-ring (bicyclic) bond motifs is 3. The summed E-state index contributed by atoms with van der Waals surface area (Å²) in [5.74, 6) is -3.74. The van der Waals surface area contributed by atoms with Crippen molar-refractivity contribution in [1.82, 2.24) is 0 Å². The zero-order valence-electron chi connectivity index (χ0n) is 14.9. The Balaban J connectivity index is 1.81. The van der Waals surface area contributed by atoms with E-state index < -0.39 is 69.6 Å². The summed E-state index contributed by atoms with van der Waals surface area (Å²) in [5, 5.41) is 0. The standard InChI is InChI=1S/C15H24O9S/c1-14(2)21-10-8(6-25(17,18)7-9(16)19-5)20-13-12(11(10)22-14)23-15(3,4)24-13/h8,10-13H,6-7H2,1-5H3/t8-,10+,11+,12-,13-/m1/s1. The lowest BCUT2D eigenvalue weighted by atomic mass is 10.00. The summed E-state index contributed by atoms with van der Waals surface area (Å²) < 4.78 is 58.2. The van der Waals surface area contributed by atoms with Crippen LogP contribution < -0.4 is 0 Å². The van der Waals surface area contributed by atoms with Crippen molar-refractivity contribution in [3.8, 4) is 0 Å². The first-order chi connectivity index (χ1) is 11.4. The van der Waals surface area contributed by atoms with Crippen LogP contribution in [0.1, 0.15) is 27.7 Å². The predicted molar refractivity (Wildman–Crippen MR) is 83.2 cm³/mol. The van der Waals surface area contributed by atoms with Gasteiger partial charge in [0.1, 0.15) is 30.2 Å². The van der Waals surface area contributed by atoms with Crippen LogP contribution >= 0.6 is 0 Å². The summed E-state index contributed by atoms with van der Waals surface area (Å²) in [7, 11) is -2.62. The molecule has 3 fully saturated rings. The number of ether oxygens (including phenoxy) is 6. The zero-order chi connectivity index (χ0) is 18.6. The van der Waals surface area contributed by atoms with Crippen LogP contribution in [0.15, 0.2) is 0 Å². The van der Waals surface area contributed by atoms with Crippen molar-refractivity contribution < 1.29 is 41.6 Å². The highest BCUT2D eigenvalue weighted by Gasteiger charge is 2.61. The maximum Gasteiger partial charge on any atom is 0.320 e. The Bertz CT molecular complexity index is 641. The number of rotatable bonds is 4. The molecule has 3 aliphatic heterocycles. The lowest BCUT2D eigenvalue weighted by molar-refractivity contribution is -0.228. The number of hydrogen-bond acceptors (Lipinski definition) is 9. The second-order valence-corrected chi connectivity index (χ2v) is 9.45. The second-order valence-electron chi connectivity index (χ2n) is 7.34. The predicted octanol–water partition coefficient (Wildman–Crippen LogP) is -0.0293. The molecule has 0 aromatic heterocycles. The van der Waals surface area contributed by atoms with E-state index in [1.54, 1.807) is 27.7 Å². The molecule has 3 aliphatic rings. The number of methoxy groups -OCH3 is 1. The summed E-state index contributed by atoms with van der Waals surface area (Å²) in [6.45, 7) is 6.96. The van der Waals surface area contributed by atoms with E-state index in [2.05, 4.69) is 4.74 Å². The van der Waals surface area contributed by atoms with Gasteiger partial charge in [0, 0.05) is 0 Å². The van der Waals surface area contributed by atoms with Gasteiger partial charge in [-0.15, -0.1) is 0 Å². The Kier molecular flexibility index (Phi) is 4.66. The Morgan fingerprint density at radius 3 is 2.16 bits per heavy atom. The molecule has 3 saturated heterocycles. The summed E-state index contributed by atoms with van der Waals surface area (Å²) in [6, 6.07) is 0. The molecule has 144 valence electrons. The fraction of sp³-hybridized carbons (Fsp3) is 0.933. The van der Waals surface area contributed by atoms with Crippen molar-refractivity contribution in [3.63, 3.8) is 0 Å². The van der Waals surface area contributed by atoms with Crippen molar-refractivity contribution in [2.75, 3.05) is 18.6 Å². The third-order valence-corrected chi connectivity index (χ3v) is 5.75. The molecule has 9 nitrogen and oxygen atoms in total. The van der Waals surface area contributed by atoms with E-state index in [9.17, 15) is 13.2 Å². The smallest absolute Gasteiger partial charge is 0.320 e. The Morgan fingerprint density at radius 1 is 0.960 bits per heavy atom. The van der Waals surface area contributed by atoms with E-state index in [4.69, 9.17) is 23.7 Å². The van der Waals surface area contributed by atoms with E-state index in [0.29, 0.717) is 0 Å².